The molecule has 1 aliphatic rings. The molecule has 0 aliphatic carbocycles. The maximum Gasteiger partial charge on any atom is 0.219 e. The van der Waals surface area contributed by atoms with Gasteiger partial charge in [-0.25, -0.2) is 0 Å². The molecule has 0 saturated carbocycles. The first kappa shape index (κ1) is 14.5. The molecule has 20 heavy (non-hydrogen) atoms. The summed E-state index contributed by atoms with van der Waals surface area (Å²) in [5, 5.41) is 3.49. The SMILES string of the molecule is COc1cc(NC2CCN(C(C)=O)CC2)cc(OC)c1. The van der Waals surface area contributed by atoms with Gasteiger partial charge in [-0.3, -0.25) is 4.79 Å². The van der Waals surface area contributed by atoms with E-state index in [1.807, 2.05) is 23.1 Å². The van der Waals surface area contributed by atoms with Gasteiger partial charge in [-0.05, 0) is 12.8 Å². The lowest BCUT2D eigenvalue weighted by Crippen LogP contribution is -2.41. The van der Waals surface area contributed by atoms with Crippen LogP contribution in [0.25, 0.3) is 0 Å². The second-order valence-electron chi connectivity index (χ2n) is 5.03. The summed E-state index contributed by atoms with van der Waals surface area (Å²) in [7, 11) is 3.29. The van der Waals surface area contributed by atoms with E-state index in [9.17, 15) is 4.79 Å². The number of benzene rings is 1. The highest BCUT2D eigenvalue weighted by atomic mass is 16.5. The van der Waals surface area contributed by atoms with Crippen LogP contribution >= 0.6 is 0 Å². The maximum absolute atomic E-state index is 11.3. The van der Waals surface area contributed by atoms with E-state index >= 15 is 0 Å². The summed E-state index contributed by atoms with van der Waals surface area (Å²) in [4.78, 5) is 13.2. The van der Waals surface area contributed by atoms with E-state index in [0.29, 0.717) is 6.04 Å². The molecule has 1 aromatic carbocycles. The van der Waals surface area contributed by atoms with E-state index in [1.54, 1.807) is 21.1 Å². The number of carbonyl (C=O) groups is 1. The van der Waals surface area contributed by atoms with Gasteiger partial charge in [-0.2, -0.15) is 0 Å². The van der Waals surface area contributed by atoms with E-state index in [1.165, 1.54) is 0 Å². The van der Waals surface area contributed by atoms with Crippen LogP contribution in [0.3, 0.4) is 0 Å². The summed E-state index contributed by atoms with van der Waals surface area (Å²) in [5.74, 6) is 1.70. The molecular weight excluding hydrogens is 256 g/mol. The molecule has 1 saturated heterocycles. The minimum Gasteiger partial charge on any atom is -0.497 e. The average Bonchev–Trinajstić information content (AvgIpc) is 2.47. The van der Waals surface area contributed by atoms with Crippen molar-refractivity contribution in [2.75, 3.05) is 32.6 Å². The monoisotopic (exact) mass is 278 g/mol. The second-order valence-corrected chi connectivity index (χ2v) is 5.03. The number of hydrogen-bond acceptors (Lipinski definition) is 4. The molecule has 0 unspecified atom stereocenters. The Labute approximate surface area is 119 Å². The first-order valence-electron chi connectivity index (χ1n) is 6.87. The molecule has 0 bridgehead atoms. The zero-order valence-electron chi connectivity index (χ0n) is 12.3. The molecule has 0 radical (unpaired) electrons. The Bertz CT molecular complexity index is 446. The van der Waals surface area contributed by atoms with Crippen molar-refractivity contribution in [1.29, 1.82) is 0 Å². The van der Waals surface area contributed by atoms with Crippen LogP contribution in [0.15, 0.2) is 18.2 Å². The third-order valence-electron chi connectivity index (χ3n) is 3.66. The lowest BCUT2D eigenvalue weighted by Gasteiger charge is -2.32. The molecule has 1 aliphatic heterocycles. The lowest BCUT2D eigenvalue weighted by atomic mass is 10.0. The van der Waals surface area contributed by atoms with Crippen molar-refractivity contribution in [3.63, 3.8) is 0 Å². The zero-order valence-corrected chi connectivity index (χ0v) is 12.3. The van der Waals surface area contributed by atoms with Crippen LogP contribution in [-0.2, 0) is 4.79 Å². The summed E-state index contributed by atoms with van der Waals surface area (Å²) >= 11 is 0. The van der Waals surface area contributed by atoms with Gasteiger partial charge in [0.15, 0.2) is 0 Å². The number of carbonyl (C=O) groups excluding carboxylic acids is 1. The summed E-state index contributed by atoms with van der Waals surface area (Å²) in [5.41, 5.74) is 0.988. The van der Waals surface area contributed by atoms with Gasteiger partial charge in [0, 0.05) is 49.9 Å². The Kier molecular flexibility index (Phi) is 4.71. The van der Waals surface area contributed by atoms with Crippen molar-refractivity contribution in [3.05, 3.63) is 18.2 Å². The number of nitrogens with one attached hydrogen (secondary N) is 1. The molecule has 1 N–H and O–H groups in total. The zero-order chi connectivity index (χ0) is 14.5. The fraction of sp³-hybridized carbons (Fsp3) is 0.533. The Morgan fingerprint density at radius 3 is 2.15 bits per heavy atom. The Morgan fingerprint density at radius 2 is 1.70 bits per heavy atom. The third kappa shape index (κ3) is 3.56. The summed E-state index contributed by atoms with van der Waals surface area (Å²) in [6.07, 6.45) is 1.91. The summed E-state index contributed by atoms with van der Waals surface area (Å²) in [6.45, 7) is 3.25. The normalized spacial score (nSPS) is 15.8. The molecule has 5 nitrogen and oxygen atoms in total. The minimum absolute atomic E-state index is 0.159. The van der Waals surface area contributed by atoms with Crippen LogP contribution in [-0.4, -0.2) is 44.2 Å². The van der Waals surface area contributed by atoms with Crippen molar-refractivity contribution in [2.45, 2.75) is 25.8 Å². The van der Waals surface area contributed by atoms with Crippen molar-refractivity contribution >= 4 is 11.6 Å². The Hall–Kier alpha value is -1.91. The van der Waals surface area contributed by atoms with Crippen LogP contribution < -0.4 is 14.8 Å². The Balaban J connectivity index is 1.98. The van der Waals surface area contributed by atoms with Crippen LogP contribution in [0.5, 0.6) is 11.5 Å². The highest BCUT2D eigenvalue weighted by Crippen LogP contribution is 2.27. The van der Waals surface area contributed by atoms with Gasteiger partial charge in [0.2, 0.25) is 5.91 Å². The van der Waals surface area contributed by atoms with Gasteiger partial charge < -0.3 is 19.7 Å². The first-order valence-corrected chi connectivity index (χ1v) is 6.87. The molecule has 5 heteroatoms. The molecule has 0 aromatic heterocycles. The number of anilines is 1. The molecule has 2 rings (SSSR count). The predicted octanol–water partition coefficient (Wildman–Crippen LogP) is 2.13. The smallest absolute Gasteiger partial charge is 0.219 e. The van der Waals surface area contributed by atoms with Crippen molar-refractivity contribution < 1.29 is 14.3 Å². The van der Waals surface area contributed by atoms with Gasteiger partial charge in [0.05, 0.1) is 14.2 Å². The predicted molar refractivity (Wildman–Crippen MR) is 78.4 cm³/mol. The van der Waals surface area contributed by atoms with E-state index in [4.69, 9.17) is 9.47 Å². The number of methoxy groups -OCH3 is 2. The van der Waals surface area contributed by atoms with Gasteiger partial charge in [-0.1, -0.05) is 0 Å². The molecule has 0 spiro atoms. The minimum atomic E-state index is 0.159. The number of piperidine rings is 1. The van der Waals surface area contributed by atoms with Gasteiger partial charge in [-0.15, -0.1) is 0 Å². The van der Waals surface area contributed by atoms with Crippen molar-refractivity contribution in [1.82, 2.24) is 4.90 Å². The standard InChI is InChI=1S/C15H22N2O3/c1-11(18)17-6-4-12(5-7-17)16-13-8-14(19-2)10-15(9-13)20-3/h8-10,12,16H,4-7H2,1-3H3. The first-order chi connectivity index (χ1) is 9.62. The number of ether oxygens (including phenoxy) is 2. The second kappa shape index (κ2) is 6.50. The summed E-state index contributed by atoms with van der Waals surface area (Å²) < 4.78 is 10.5. The van der Waals surface area contributed by atoms with E-state index in [0.717, 1.165) is 43.1 Å². The fourth-order valence-corrected chi connectivity index (χ4v) is 2.47. The number of amides is 1. The third-order valence-corrected chi connectivity index (χ3v) is 3.66. The van der Waals surface area contributed by atoms with Gasteiger partial charge in [0.25, 0.3) is 0 Å². The highest BCUT2D eigenvalue weighted by molar-refractivity contribution is 5.73. The number of rotatable bonds is 4. The Morgan fingerprint density at radius 1 is 1.15 bits per heavy atom. The van der Waals surface area contributed by atoms with Crippen molar-refractivity contribution in [3.8, 4) is 11.5 Å². The van der Waals surface area contributed by atoms with Crippen LogP contribution in [0.2, 0.25) is 0 Å². The van der Waals surface area contributed by atoms with Crippen LogP contribution in [0.1, 0.15) is 19.8 Å². The van der Waals surface area contributed by atoms with Crippen LogP contribution in [0, 0.1) is 0 Å². The molecule has 0 atom stereocenters. The van der Waals surface area contributed by atoms with Gasteiger partial charge >= 0.3 is 0 Å². The highest BCUT2D eigenvalue weighted by Gasteiger charge is 2.20. The van der Waals surface area contributed by atoms with Gasteiger partial charge in [0.1, 0.15) is 11.5 Å². The molecule has 1 aromatic rings. The maximum atomic E-state index is 11.3. The molecule has 1 heterocycles. The largest absolute Gasteiger partial charge is 0.497 e. The topological polar surface area (TPSA) is 50.8 Å². The van der Waals surface area contributed by atoms with Crippen LogP contribution in [0.4, 0.5) is 5.69 Å². The summed E-state index contributed by atoms with van der Waals surface area (Å²) in [6, 6.07) is 6.14. The quantitative estimate of drug-likeness (QED) is 0.916. The van der Waals surface area contributed by atoms with E-state index in [2.05, 4.69) is 5.32 Å². The lowest BCUT2D eigenvalue weighted by molar-refractivity contribution is -0.129. The fourth-order valence-electron chi connectivity index (χ4n) is 2.47. The molecule has 1 amide bonds. The van der Waals surface area contributed by atoms with E-state index < -0.39 is 0 Å². The number of nitrogens with zero attached hydrogens (tertiary/aromatic N) is 1. The van der Waals surface area contributed by atoms with Crippen molar-refractivity contribution in [2.24, 2.45) is 0 Å². The number of likely N-dealkylation sites (tertiary alicyclic amines) is 1. The molecule has 1 fully saturated rings. The molecule has 110 valence electrons. The van der Waals surface area contributed by atoms with E-state index in [-0.39, 0.29) is 5.91 Å². The number of hydrogen-bond donors (Lipinski definition) is 1. The molecular formula is C15H22N2O3. The average molecular weight is 278 g/mol.